The molecule has 2 N–H and O–H groups in total. The maximum atomic E-state index is 13.0. The van der Waals surface area contributed by atoms with Crippen molar-refractivity contribution in [2.24, 2.45) is 11.1 Å². The van der Waals surface area contributed by atoms with Gasteiger partial charge < -0.3 is 5.73 Å². The molecular weight excluding hydrogens is 129 g/mol. The smallest absolute Gasteiger partial charge is 0.106 e. The summed E-state index contributed by atoms with van der Waals surface area (Å²) in [4.78, 5) is 0. The third kappa shape index (κ3) is 4.74. The van der Waals surface area contributed by atoms with Crippen LogP contribution in [0.5, 0.6) is 0 Å². The first-order valence-corrected chi connectivity index (χ1v) is 3.66. The number of rotatable bonds is 3. The van der Waals surface area contributed by atoms with Gasteiger partial charge in [0.2, 0.25) is 0 Å². The molecule has 1 nitrogen and oxygen atoms in total. The van der Waals surface area contributed by atoms with E-state index in [1.54, 1.807) is 13.8 Å². The Labute approximate surface area is 62.8 Å². The van der Waals surface area contributed by atoms with Crippen LogP contribution in [0.2, 0.25) is 0 Å². The summed E-state index contributed by atoms with van der Waals surface area (Å²) < 4.78 is 13.0. The van der Waals surface area contributed by atoms with E-state index in [0.29, 0.717) is 13.0 Å². The molecular formula is C8H18FN. The zero-order valence-electron chi connectivity index (χ0n) is 7.37. The van der Waals surface area contributed by atoms with Crippen LogP contribution in [0.25, 0.3) is 0 Å². The number of alkyl halides is 1. The maximum Gasteiger partial charge on any atom is 0.106 e. The van der Waals surface area contributed by atoms with Gasteiger partial charge in [0, 0.05) is 0 Å². The van der Waals surface area contributed by atoms with Gasteiger partial charge in [0.15, 0.2) is 0 Å². The summed E-state index contributed by atoms with van der Waals surface area (Å²) >= 11 is 0. The lowest BCUT2D eigenvalue weighted by Crippen LogP contribution is -2.30. The predicted octanol–water partition coefficient (Wildman–Crippen LogP) is 2.11. The van der Waals surface area contributed by atoms with Gasteiger partial charge in [0.25, 0.3) is 0 Å². The minimum atomic E-state index is -1.09. The molecule has 0 rings (SSSR count). The predicted molar refractivity (Wildman–Crippen MR) is 42.6 cm³/mol. The summed E-state index contributed by atoms with van der Waals surface area (Å²) in [6.07, 6.45) is 0.524. The Morgan fingerprint density at radius 1 is 1.20 bits per heavy atom. The summed E-state index contributed by atoms with van der Waals surface area (Å²) in [5.41, 5.74) is 4.28. The Balaban J connectivity index is 3.89. The van der Waals surface area contributed by atoms with E-state index in [1.807, 2.05) is 13.8 Å². The van der Waals surface area contributed by atoms with Crippen molar-refractivity contribution in [1.82, 2.24) is 0 Å². The maximum absolute atomic E-state index is 13.0. The third-order valence-corrected chi connectivity index (χ3v) is 1.45. The first kappa shape index (κ1) is 9.89. The highest BCUT2D eigenvalue weighted by Gasteiger charge is 2.26. The first-order valence-electron chi connectivity index (χ1n) is 3.66. The molecule has 62 valence electrons. The number of hydrogen-bond donors (Lipinski definition) is 1. The molecule has 10 heavy (non-hydrogen) atoms. The largest absolute Gasteiger partial charge is 0.330 e. The van der Waals surface area contributed by atoms with Crippen LogP contribution in [0.3, 0.4) is 0 Å². The molecule has 0 fully saturated rings. The van der Waals surface area contributed by atoms with E-state index in [1.165, 1.54) is 0 Å². The fraction of sp³-hybridized carbons (Fsp3) is 1.00. The molecule has 0 amide bonds. The molecule has 2 heteroatoms. The standard InChI is InChI=1S/C8H18FN/c1-7(2,6-10)5-8(3,4)9/h5-6,10H2,1-4H3. The Morgan fingerprint density at radius 3 is 1.70 bits per heavy atom. The van der Waals surface area contributed by atoms with Gasteiger partial charge in [0.1, 0.15) is 5.67 Å². The van der Waals surface area contributed by atoms with Crippen LogP contribution in [-0.2, 0) is 0 Å². The van der Waals surface area contributed by atoms with Crippen LogP contribution in [0.1, 0.15) is 34.1 Å². The summed E-state index contributed by atoms with van der Waals surface area (Å²) in [5, 5.41) is 0. The van der Waals surface area contributed by atoms with E-state index in [2.05, 4.69) is 0 Å². The van der Waals surface area contributed by atoms with Crippen LogP contribution in [0.15, 0.2) is 0 Å². The summed E-state index contributed by atoms with van der Waals surface area (Å²) in [6, 6.07) is 0. The Bertz CT molecular complexity index is 102. The lowest BCUT2D eigenvalue weighted by molar-refractivity contribution is 0.133. The highest BCUT2D eigenvalue weighted by atomic mass is 19.1. The first-order chi connectivity index (χ1) is 4.27. The van der Waals surface area contributed by atoms with Crippen molar-refractivity contribution in [3.05, 3.63) is 0 Å². The molecule has 0 radical (unpaired) electrons. The molecule has 0 heterocycles. The quantitative estimate of drug-likeness (QED) is 0.650. The molecule has 0 spiro atoms. The van der Waals surface area contributed by atoms with Crippen LogP contribution in [0, 0.1) is 5.41 Å². The zero-order valence-corrected chi connectivity index (χ0v) is 7.37. The third-order valence-electron chi connectivity index (χ3n) is 1.45. The minimum Gasteiger partial charge on any atom is -0.330 e. The lowest BCUT2D eigenvalue weighted by atomic mass is 9.83. The van der Waals surface area contributed by atoms with Crippen LogP contribution in [-0.4, -0.2) is 12.2 Å². The van der Waals surface area contributed by atoms with E-state index in [4.69, 9.17) is 5.73 Å². The highest BCUT2D eigenvalue weighted by Crippen LogP contribution is 2.28. The average molecular weight is 147 g/mol. The van der Waals surface area contributed by atoms with E-state index < -0.39 is 5.67 Å². The molecule has 0 saturated carbocycles. The van der Waals surface area contributed by atoms with Gasteiger partial charge in [-0.05, 0) is 32.2 Å². The van der Waals surface area contributed by atoms with Crippen molar-refractivity contribution in [2.75, 3.05) is 6.54 Å². The van der Waals surface area contributed by atoms with Crippen molar-refractivity contribution in [1.29, 1.82) is 0 Å². The fourth-order valence-electron chi connectivity index (χ4n) is 1.21. The number of nitrogens with two attached hydrogens (primary N) is 1. The molecule has 0 aromatic carbocycles. The van der Waals surface area contributed by atoms with Crippen molar-refractivity contribution < 1.29 is 4.39 Å². The molecule has 0 bridgehead atoms. The number of halogens is 1. The molecule has 0 unspecified atom stereocenters. The van der Waals surface area contributed by atoms with Gasteiger partial charge in [-0.1, -0.05) is 13.8 Å². The lowest BCUT2D eigenvalue weighted by Gasteiger charge is -2.28. The van der Waals surface area contributed by atoms with Gasteiger partial charge in [-0.25, -0.2) is 4.39 Å². The number of hydrogen-bond acceptors (Lipinski definition) is 1. The molecule has 0 aliphatic rings. The molecule has 0 aliphatic heterocycles. The fourth-order valence-corrected chi connectivity index (χ4v) is 1.21. The van der Waals surface area contributed by atoms with Crippen LogP contribution in [0.4, 0.5) is 4.39 Å². The van der Waals surface area contributed by atoms with Crippen molar-refractivity contribution in [3.8, 4) is 0 Å². The minimum absolute atomic E-state index is 0.0712. The molecule has 0 atom stereocenters. The van der Waals surface area contributed by atoms with E-state index in [9.17, 15) is 4.39 Å². The van der Waals surface area contributed by atoms with E-state index >= 15 is 0 Å². The SMILES string of the molecule is CC(C)(F)CC(C)(C)CN. The summed E-state index contributed by atoms with van der Waals surface area (Å²) in [6.45, 7) is 7.68. The monoisotopic (exact) mass is 147 g/mol. The molecule has 0 aliphatic carbocycles. The van der Waals surface area contributed by atoms with Crippen LogP contribution >= 0.6 is 0 Å². The van der Waals surface area contributed by atoms with E-state index in [-0.39, 0.29) is 5.41 Å². The van der Waals surface area contributed by atoms with Gasteiger partial charge in [0.05, 0.1) is 0 Å². The second-order valence-corrected chi connectivity index (χ2v) is 4.26. The normalized spacial score (nSPS) is 13.8. The van der Waals surface area contributed by atoms with Crippen molar-refractivity contribution in [2.45, 2.75) is 39.8 Å². The Hall–Kier alpha value is -0.110. The second kappa shape index (κ2) is 2.87. The van der Waals surface area contributed by atoms with Gasteiger partial charge in [-0.3, -0.25) is 0 Å². The van der Waals surface area contributed by atoms with Gasteiger partial charge in [-0.15, -0.1) is 0 Å². The van der Waals surface area contributed by atoms with Gasteiger partial charge >= 0.3 is 0 Å². The van der Waals surface area contributed by atoms with Crippen molar-refractivity contribution >= 4 is 0 Å². The molecule has 0 aromatic rings. The van der Waals surface area contributed by atoms with E-state index in [0.717, 1.165) is 0 Å². The Morgan fingerprint density at radius 2 is 1.60 bits per heavy atom. The van der Waals surface area contributed by atoms with Gasteiger partial charge in [-0.2, -0.15) is 0 Å². The van der Waals surface area contributed by atoms with Crippen LogP contribution < -0.4 is 5.73 Å². The molecule has 0 saturated heterocycles. The second-order valence-electron chi connectivity index (χ2n) is 4.26. The average Bonchev–Trinajstić information content (AvgIpc) is 1.60. The zero-order chi connectivity index (χ0) is 8.41. The topological polar surface area (TPSA) is 26.0 Å². The highest BCUT2D eigenvalue weighted by molar-refractivity contribution is 4.79. The Kier molecular flexibility index (Phi) is 2.84. The summed E-state index contributed by atoms with van der Waals surface area (Å²) in [5.74, 6) is 0. The van der Waals surface area contributed by atoms with Crippen molar-refractivity contribution in [3.63, 3.8) is 0 Å². The molecule has 0 aromatic heterocycles. The summed E-state index contributed by atoms with van der Waals surface area (Å²) in [7, 11) is 0.